The summed E-state index contributed by atoms with van der Waals surface area (Å²) in [6.07, 6.45) is 5.93. The van der Waals surface area contributed by atoms with Crippen molar-refractivity contribution in [2.45, 2.75) is 51.6 Å². The molecule has 25 heavy (non-hydrogen) atoms. The molecule has 2 nitrogen and oxygen atoms in total. The summed E-state index contributed by atoms with van der Waals surface area (Å²) in [6.45, 7) is 2.92. The minimum atomic E-state index is 0.491. The van der Waals surface area contributed by atoms with Crippen molar-refractivity contribution in [1.29, 1.82) is 0 Å². The molecule has 4 heteroatoms. The lowest BCUT2D eigenvalue weighted by molar-refractivity contribution is 0.312. The lowest BCUT2D eigenvalue weighted by atomic mass is 10.1. The zero-order valence-electron chi connectivity index (χ0n) is 14.7. The highest BCUT2D eigenvalue weighted by molar-refractivity contribution is 7.80. The molecule has 1 N–H and O–H groups in total. The molecular weight excluding hydrogens is 348 g/mol. The minimum Gasteiger partial charge on any atom is -0.342 e. The van der Waals surface area contributed by atoms with Crippen LogP contribution in [0.25, 0.3) is 0 Å². The first-order valence-electron chi connectivity index (χ1n) is 9.08. The van der Waals surface area contributed by atoms with Gasteiger partial charge < -0.3 is 10.2 Å². The number of nitrogens with one attached hydrogen (secondary N) is 1. The molecule has 0 spiro atoms. The third-order valence-corrected chi connectivity index (χ3v) is 5.67. The van der Waals surface area contributed by atoms with Crippen LogP contribution >= 0.6 is 23.8 Å². The molecule has 0 amide bonds. The SMILES string of the molecule is CCc1ccccc1NC(=S)N(Cc1ccccc1Cl)C1CCCC1. The van der Waals surface area contributed by atoms with E-state index in [9.17, 15) is 0 Å². The molecule has 1 saturated carbocycles. The summed E-state index contributed by atoms with van der Waals surface area (Å²) in [5.41, 5.74) is 3.52. The lowest BCUT2D eigenvalue weighted by Crippen LogP contribution is -2.41. The molecule has 0 saturated heterocycles. The Morgan fingerprint density at radius 2 is 1.72 bits per heavy atom. The average molecular weight is 373 g/mol. The number of hydrogen-bond acceptors (Lipinski definition) is 1. The molecule has 0 bridgehead atoms. The average Bonchev–Trinajstić information content (AvgIpc) is 3.15. The monoisotopic (exact) mass is 372 g/mol. The van der Waals surface area contributed by atoms with Crippen LogP contribution in [0, 0.1) is 0 Å². The van der Waals surface area contributed by atoms with Crippen LogP contribution in [0.2, 0.25) is 5.02 Å². The number of thiocarbonyl (C=S) groups is 1. The largest absolute Gasteiger partial charge is 0.342 e. The smallest absolute Gasteiger partial charge is 0.173 e. The van der Waals surface area contributed by atoms with Gasteiger partial charge in [-0.25, -0.2) is 0 Å². The van der Waals surface area contributed by atoms with E-state index in [1.54, 1.807) is 0 Å². The number of anilines is 1. The van der Waals surface area contributed by atoms with Crippen molar-refractivity contribution in [3.8, 4) is 0 Å². The summed E-state index contributed by atoms with van der Waals surface area (Å²) in [5.74, 6) is 0. The van der Waals surface area contributed by atoms with Gasteiger partial charge in [0.15, 0.2) is 5.11 Å². The molecule has 2 aromatic rings. The second kappa shape index (κ2) is 8.68. The maximum atomic E-state index is 6.40. The topological polar surface area (TPSA) is 15.3 Å². The third kappa shape index (κ3) is 4.53. The molecule has 132 valence electrons. The first-order chi connectivity index (χ1) is 12.2. The lowest BCUT2D eigenvalue weighted by Gasteiger charge is -2.32. The summed E-state index contributed by atoms with van der Waals surface area (Å²) in [5, 5.41) is 5.10. The second-order valence-corrected chi connectivity index (χ2v) is 7.39. The van der Waals surface area contributed by atoms with Crippen LogP contribution in [0.1, 0.15) is 43.7 Å². The zero-order chi connectivity index (χ0) is 17.6. The maximum Gasteiger partial charge on any atom is 0.173 e. The first kappa shape index (κ1) is 18.2. The Labute approximate surface area is 161 Å². The highest BCUT2D eigenvalue weighted by atomic mass is 35.5. The maximum absolute atomic E-state index is 6.40. The molecule has 0 atom stereocenters. The van der Waals surface area contributed by atoms with Crippen LogP contribution in [0.5, 0.6) is 0 Å². The summed E-state index contributed by atoms with van der Waals surface area (Å²) in [4.78, 5) is 2.33. The van der Waals surface area contributed by atoms with Crippen LogP contribution in [0.15, 0.2) is 48.5 Å². The second-order valence-electron chi connectivity index (χ2n) is 6.60. The number of hydrogen-bond donors (Lipinski definition) is 1. The van der Waals surface area contributed by atoms with Gasteiger partial charge in [-0.3, -0.25) is 0 Å². The fourth-order valence-electron chi connectivity index (χ4n) is 3.53. The molecule has 0 aromatic heterocycles. The Morgan fingerprint density at radius 1 is 1.08 bits per heavy atom. The third-order valence-electron chi connectivity index (χ3n) is 4.96. The Kier molecular flexibility index (Phi) is 6.33. The molecule has 2 aromatic carbocycles. The number of halogens is 1. The molecule has 0 aliphatic heterocycles. The van der Waals surface area contributed by atoms with E-state index in [0.717, 1.165) is 34.4 Å². The van der Waals surface area contributed by atoms with Crippen molar-refractivity contribution in [1.82, 2.24) is 4.90 Å². The molecule has 1 aliphatic rings. The van der Waals surface area contributed by atoms with Crippen LogP contribution in [-0.4, -0.2) is 16.1 Å². The van der Waals surface area contributed by atoms with Crippen molar-refractivity contribution in [3.05, 3.63) is 64.7 Å². The number of rotatable bonds is 5. The molecule has 0 radical (unpaired) electrons. The molecule has 3 rings (SSSR count). The normalized spacial score (nSPS) is 14.5. The van der Waals surface area contributed by atoms with Crippen LogP contribution in [0.4, 0.5) is 5.69 Å². The Morgan fingerprint density at radius 3 is 2.40 bits per heavy atom. The van der Waals surface area contributed by atoms with Gasteiger partial charge in [0.05, 0.1) is 0 Å². The van der Waals surface area contributed by atoms with Crippen molar-refractivity contribution in [3.63, 3.8) is 0 Å². The molecular formula is C21H25ClN2S. The summed E-state index contributed by atoms with van der Waals surface area (Å²) < 4.78 is 0. The van der Waals surface area contributed by atoms with Crippen molar-refractivity contribution in [2.24, 2.45) is 0 Å². The van der Waals surface area contributed by atoms with Crippen LogP contribution in [0.3, 0.4) is 0 Å². The Balaban J connectivity index is 1.81. The molecule has 0 unspecified atom stereocenters. The highest BCUT2D eigenvalue weighted by Crippen LogP contribution is 2.28. The fraction of sp³-hybridized carbons (Fsp3) is 0.381. The van der Waals surface area contributed by atoms with Gasteiger partial charge >= 0.3 is 0 Å². The predicted octanol–water partition coefficient (Wildman–Crippen LogP) is 6.04. The minimum absolute atomic E-state index is 0.491. The molecule has 1 fully saturated rings. The van der Waals surface area contributed by atoms with E-state index in [-0.39, 0.29) is 0 Å². The van der Waals surface area contributed by atoms with Gasteiger partial charge in [0.1, 0.15) is 0 Å². The first-order valence-corrected chi connectivity index (χ1v) is 9.86. The predicted molar refractivity (Wildman–Crippen MR) is 111 cm³/mol. The Hall–Kier alpha value is -1.58. The van der Waals surface area contributed by atoms with Gasteiger partial charge in [-0.1, -0.05) is 67.8 Å². The van der Waals surface area contributed by atoms with Gasteiger partial charge in [0.2, 0.25) is 0 Å². The van der Waals surface area contributed by atoms with Crippen LogP contribution < -0.4 is 5.32 Å². The standard InChI is InChI=1S/C21H25ClN2S/c1-2-16-9-4-8-14-20(16)23-21(25)24(18-11-5-6-12-18)15-17-10-3-7-13-19(17)22/h3-4,7-10,13-14,18H,2,5-6,11-12,15H2,1H3,(H,23,25). The number of para-hydroxylation sites is 1. The zero-order valence-corrected chi connectivity index (χ0v) is 16.2. The van der Waals surface area contributed by atoms with Gasteiger partial charge in [0, 0.05) is 23.3 Å². The van der Waals surface area contributed by atoms with E-state index in [4.69, 9.17) is 23.8 Å². The Bertz CT molecular complexity index is 725. The van der Waals surface area contributed by atoms with E-state index >= 15 is 0 Å². The van der Waals surface area contributed by atoms with Gasteiger partial charge in [-0.2, -0.15) is 0 Å². The van der Waals surface area contributed by atoms with Gasteiger partial charge in [-0.05, 0) is 54.7 Å². The van der Waals surface area contributed by atoms with E-state index in [2.05, 4.69) is 47.5 Å². The van der Waals surface area contributed by atoms with Gasteiger partial charge in [-0.15, -0.1) is 0 Å². The van der Waals surface area contributed by atoms with E-state index < -0.39 is 0 Å². The molecule has 1 aliphatic carbocycles. The van der Waals surface area contributed by atoms with E-state index in [1.165, 1.54) is 31.2 Å². The van der Waals surface area contributed by atoms with Gasteiger partial charge in [0.25, 0.3) is 0 Å². The van der Waals surface area contributed by atoms with E-state index in [0.29, 0.717) is 6.04 Å². The van der Waals surface area contributed by atoms with Crippen molar-refractivity contribution >= 4 is 34.6 Å². The van der Waals surface area contributed by atoms with E-state index in [1.807, 2.05) is 18.2 Å². The summed E-state index contributed by atoms with van der Waals surface area (Å²) in [6, 6.07) is 16.9. The fourth-order valence-corrected chi connectivity index (χ4v) is 4.05. The van der Waals surface area contributed by atoms with Crippen molar-refractivity contribution in [2.75, 3.05) is 5.32 Å². The molecule has 0 heterocycles. The highest BCUT2D eigenvalue weighted by Gasteiger charge is 2.25. The summed E-state index contributed by atoms with van der Waals surface area (Å²) in [7, 11) is 0. The number of benzene rings is 2. The van der Waals surface area contributed by atoms with Crippen LogP contribution in [-0.2, 0) is 13.0 Å². The quantitative estimate of drug-likeness (QED) is 0.643. The number of aryl methyl sites for hydroxylation is 1. The summed E-state index contributed by atoms with van der Waals surface area (Å²) >= 11 is 12.2. The van der Waals surface area contributed by atoms with Crippen molar-refractivity contribution < 1.29 is 0 Å². The number of nitrogens with zero attached hydrogens (tertiary/aromatic N) is 1.